The number of hydrogen-bond acceptors (Lipinski definition) is 5. The van der Waals surface area contributed by atoms with Crippen LogP contribution in [0.1, 0.15) is 17.3 Å². The fourth-order valence-electron chi connectivity index (χ4n) is 2.44. The largest absolute Gasteiger partial charge is 0.339 e. The molecule has 7 heteroatoms. The van der Waals surface area contributed by atoms with Gasteiger partial charge >= 0.3 is 0 Å². The Morgan fingerprint density at radius 1 is 1.48 bits per heavy atom. The van der Waals surface area contributed by atoms with Crippen molar-refractivity contribution in [2.24, 2.45) is 0 Å². The van der Waals surface area contributed by atoms with Crippen LogP contribution >= 0.6 is 23.4 Å². The first-order valence-corrected chi connectivity index (χ1v) is 8.02. The smallest absolute Gasteiger partial charge is 0.189 e. The third-order valence-electron chi connectivity index (χ3n) is 3.48. The van der Waals surface area contributed by atoms with Crippen molar-refractivity contribution in [2.45, 2.75) is 17.9 Å². The molecule has 1 aliphatic rings. The maximum atomic E-state index is 14.1. The van der Waals surface area contributed by atoms with Gasteiger partial charge < -0.3 is 4.90 Å². The lowest BCUT2D eigenvalue weighted by Gasteiger charge is -2.36. The molecular weight excluding hydrogens is 311 g/mol. The summed E-state index contributed by atoms with van der Waals surface area (Å²) in [5.74, 6) is 0.479. The number of benzene rings is 1. The fraction of sp³-hybridized carbons (Fsp3) is 0.286. The molecule has 0 amide bonds. The van der Waals surface area contributed by atoms with E-state index >= 15 is 0 Å². The van der Waals surface area contributed by atoms with Gasteiger partial charge in [-0.2, -0.15) is 0 Å². The van der Waals surface area contributed by atoms with E-state index in [0.29, 0.717) is 22.3 Å². The lowest BCUT2D eigenvalue weighted by molar-refractivity contribution is 0.467. The maximum absolute atomic E-state index is 14.1. The summed E-state index contributed by atoms with van der Waals surface area (Å²) in [7, 11) is 1.87. The molecule has 1 aromatic heterocycles. The van der Waals surface area contributed by atoms with Crippen LogP contribution in [-0.2, 0) is 6.54 Å². The van der Waals surface area contributed by atoms with Crippen molar-refractivity contribution in [3.63, 3.8) is 0 Å². The zero-order valence-electron chi connectivity index (χ0n) is 11.6. The molecule has 0 aliphatic carbocycles. The second-order valence-corrected chi connectivity index (χ2v) is 5.92. The monoisotopic (exact) mass is 324 g/mol. The first kappa shape index (κ1) is 14.6. The Hall–Kier alpha value is -1.37. The highest BCUT2D eigenvalue weighted by Gasteiger charge is 2.29. The van der Waals surface area contributed by atoms with Crippen LogP contribution in [0.2, 0.25) is 5.02 Å². The Labute approximate surface area is 131 Å². The normalized spacial score (nSPS) is 17.7. The number of nitrogens with one attached hydrogen (secondary N) is 1. The molecule has 110 valence electrons. The Bertz CT molecular complexity index is 662. The molecule has 4 nitrogen and oxygen atoms in total. The summed E-state index contributed by atoms with van der Waals surface area (Å²) < 4.78 is 14.1. The summed E-state index contributed by atoms with van der Waals surface area (Å²) in [5, 5.41) is 4.38. The predicted molar refractivity (Wildman–Crippen MR) is 83.2 cm³/mol. The molecule has 1 N–H and O–H groups in total. The van der Waals surface area contributed by atoms with Crippen molar-refractivity contribution in [3.05, 3.63) is 46.4 Å². The first-order valence-electron chi connectivity index (χ1n) is 6.42. The molecule has 1 atom stereocenters. The Kier molecular flexibility index (Phi) is 4.01. The number of anilines is 1. The predicted octanol–water partition coefficient (Wildman–Crippen LogP) is 3.23. The summed E-state index contributed by atoms with van der Waals surface area (Å²) in [4.78, 5) is 10.7. The number of nitrogens with zero attached hydrogens (tertiary/aromatic N) is 3. The summed E-state index contributed by atoms with van der Waals surface area (Å²) in [6.45, 7) is 0.573. The molecule has 1 aromatic carbocycles. The van der Waals surface area contributed by atoms with Crippen LogP contribution < -0.4 is 10.2 Å². The average molecular weight is 325 g/mol. The van der Waals surface area contributed by atoms with Crippen molar-refractivity contribution in [3.8, 4) is 0 Å². The minimum absolute atomic E-state index is 0.325. The minimum atomic E-state index is -0.351. The molecule has 0 spiro atoms. The minimum Gasteiger partial charge on any atom is -0.339 e. The van der Waals surface area contributed by atoms with Gasteiger partial charge in [-0.05, 0) is 18.4 Å². The number of thioether (sulfide) groups is 1. The molecule has 2 heterocycles. The Balaban J connectivity index is 2.04. The third-order valence-corrected chi connectivity index (χ3v) is 4.37. The molecule has 2 aromatic rings. The van der Waals surface area contributed by atoms with Gasteiger partial charge in [0.2, 0.25) is 0 Å². The topological polar surface area (TPSA) is 41.1 Å². The van der Waals surface area contributed by atoms with E-state index in [4.69, 9.17) is 11.6 Å². The Morgan fingerprint density at radius 3 is 3.00 bits per heavy atom. The van der Waals surface area contributed by atoms with Gasteiger partial charge in [0.05, 0.1) is 5.02 Å². The number of rotatable bonds is 2. The fourth-order valence-corrected chi connectivity index (χ4v) is 3.05. The number of hydrogen-bond donors (Lipinski definition) is 1. The van der Waals surface area contributed by atoms with E-state index in [1.54, 1.807) is 18.3 Å². The average Bonchev–Trinajstić information content (AvgIpc) is 2.49. The zero-order valence-corrected chi connectivity index (χ0v) is 13.2. The number of aromatic nitrogens is 2. The lowest BCUT2D eigenvalue weighted by atomic mass is 10.1. The quantitative estimate of drug-likeness (QED) is 0.678. The highest BCUT2D eigenvalue weighted by molar-refractivity contribution is 7.98. The van der Waals surface area contributed by atoms with Crippen molar-refractivity contribution < 1.29 is 4.39 Å². The van der Waals surface area contributed by atoms with Gasteiger partial charge in [0.1, 0.15) is 17.8 Å². The van der Waals surface area contributed by atoms with Crippen LogP contribution in [0, 0.1) is 5.82 Å². The van der Waals surface area contributed by atoms with Crippen molar-refractivity contribution in [1.29, 1.82) is 0 Å². The molecule has 1 unspecified atom stereocenters. The van der Waals surface area contributed by atoms with Crippen LogP contribution in [0.15, 0.2) is 29.6 Å². The van der Waals surface area contributed by atoms with Crippen LogP contribution in [0.3, 0.4) is 0 Å². The molecule has 21 heavy (non-hydrogen) atoms. The SMILES string of the molecule is CSc1ncc2c(n1)N(C)C(c1c(F)cccc1Cl)NC2. The van der Waals surface area contributed by atoms with Gasteiger partial charge in [-0.25, -0.2) is 14.4 Å². The van der Waals surface area contributed by atoms with E-state index in [1.165, 1.54) is 17.8 Å². The van der Waals surface area contributed by atoms with Gasteiger partial charge in [-0.3, -0.25) is 5.32 Å². The van der Waals surface area contributed by atoms with Gasteiger partial charge in [-0.1, -0.05) is 29.4 Å². The molecule has 3 rings (SSSR count). The van der Waals surface area contributed by atoms with E-state index < -0.39 is 0 Å². The van der Waals surface area contributed by atoms with Crippen LogP contribution in [-0.4, -0.2) is 23.3 Å². The van der Waals surface area contributed by atoms with E-state index in [1.807, 2.05) is 18.2 Å². The standard InChI is InChI=1S/C14H14ClFN4S/c1-20-12-8(7-18-14(19-12)21-2)6-17-13(20)11-9(15)4-3-5-10(11)16/h3-5,7,13,17H,6H2,1-2H3. The molecule has 0 radical (unpaired) electrons. The summed E-state index contributed by atoms with van der Waals surface area (Å²) in [5.41, 5.74) is 1.43. The van der Waals surface area contributed by atoms with E-state index in [9.17, 15) is 4.39 Å². The van der Waals surface area contributed by atoms with Crippen LogP contribution in [0.5, 0.6) is 0 Å². The van der Waals surface area contributed by atoms with E-state index in [0.717, 1.165) is 11.4 Å². The maximum Gasteiger partial charge on any atom is 0.189 e. The lowest BCUT2D eigenvalue weighted by Crippen LogP contribution is -2.41. The zero-order chi connectivity index (χ0) is 15.0. The molecular formula is C14H14ClFN4S. The van der Waals surface area contributed by atoms with E-state index in [2.05, 4.69) is 15.3 Å². The first-order chi connectivity index (χ1) is 10.1. The van der Waals surface area contributed by atoms with Gasteiger partial charge in [0.25, 0.3) is 0 Å². The molecule has 1 aliphatic heterocycles. The Morgan fingerprint density at radius 2 is 2.29 bits per heavy atom. The third kappa shape index (κ3) is 2.59. The van der Waals surface area contributed by atoms with Crippen LogP contribution in [0.25, 0.3) is 0 Å². The summed E-state index contributed by atoms with van der Waals surface area (Å²) in [6.07, 6.45) is 3.38. The molecule has 0 bridgehead atoms. The van der Waals surface area contributed by atoms with Gasteiger partial charge in [0, 0.05) is 30.9 Å². The number of halogens is 2. The summed E-state index contributed by atoms with van der Waals surface area (Å²) in [6, 6.07) is 4.71. The molecule has 0 saturated carbocycles. The second-order valence-electron chi connectivity index (χ2n) is 4.74. The molecule has 0 saturated heterocycles. The van der Waals surface area contributed by atoms with Crippen LogP contribution in [0.4, 0.5) is 10.2 Å². The van der Waals surface area contributed by atoms with Crippen molar-refractivity contribution in [2.75, 3.05) is 18.2 Å². The second kappa shape index (κ2) is 5.79. The highest BCUT2D eigenvalue weighted by atomic mass is 35.5. The van der Waals surface area contributed by atoms with Gasteiger partial charge in [0.15, 0.2) is 5.16 Å². The van der Waals surface area contributed by atoms with Crippen molar-refractivity contribution >= 4 is 29.2 Å². The molecule has 0 fully saturated rings. The van der Waals surface area contributed by atoms with Crippen molar-refractivity contribution in [1.82, 2.24) is 15.3 Å². The summed E-state index contributed by atoms with van der Waals surface area (Å²) >= 11 is 7.65. The van der Waals surface area contributed by atoms with Gasteiger partial charge in [-0.15, -0.1) is 0 Å². The number of fused-ring (bicyclic) bond motifs is 1. The van der Waals surface area contributed by atoms with E-state index in [-0.39, 0.29) is 12.0 Å². The highest BCUT2D eigenvalue weighted by Crippen LogP contribution is 2.34.